The van der Waals surface area contributed by atoms with E-state index >= 15 is 0 Å². The van der Waals surface area contributed by atoms with Crippen molar-refractivity contribution in [2.75, 3.05) is 25.2 Å². The van der Waals surface area contributed by atoms with Crippen LogP contribution in [0.4, 0.5) is 0 Å². The Morgan fingerprint density at radius 3 is 3.05 bits per heavy atom. The predicted molar refractivity (Wildman–Crippen MR) is 78.7 cm³/mol. The first-order chi connectivity index (χ1) is 9.36. The number of nitrogens with zero attached hydrogens (tertiary/aromatic N) is 1. The molecule has 2 aliphatic rings. The molecule has 1 saturated heterocycles. The van der Waals surface area contributed by atoms with E-state index in [-0.39, 0.29) is 6.10 Å². The third kappa shape index (κ3) is 3.70. The molecule has 106 valence electrons. The lowest BCUT2D eigenvalue weighted by molar-refractivity contribution is 0.0751. The Hall–Kier alpha value is -0.140. The molecule has 0 bridgehead atoms. The summed E-state index contributed by atoms with van der Waals surface area (Å²) >= 11 is 3.73. The monoisotopic (exact) mass is 300 g/mol. The second kappa shape index (κ2) is 6.54. The number of hydrogen-bond acceptors (Lipinski definition) is 6. The van der Waals surface area contributed by atoms with Gasteiger partial charge in [-0.1, -0.05) is 0 Å². The molecule has 1 aromatic heterocycles. The van der Waals surface area contributed by atoms with Gasteiger partial charge in [-0.3, -0.25) is 0 Å². The highest BCUT2D eigenvalue weighted by molar-refractivity contribution is 7.99. The largest absolute Gasteiger partial charge is 0.378 e. The number of thioether (sulfide) groups is 1. The first-order valence-electron chi connectivity index (χ1n) is 6.77. The molecule has 0 aromatic carbocycles. The maximum atomic E-state index is 5.81. The highest BCUT2D eigenvalue weighted by atomic mass is 32.2. The summed E-state index contributed by atoms with van der Waals surface area (Å²) in [5, 5.41) is 4.67. The average molecular weight is 300 g/mol. The van der Waals surface area contributed by atoms with Gasteiger partial charge in [0.05, 0.1) is 18.9 Å². The van der Waals surface area contributed by atoms with Gasteiger partial charge in [0.2, 0.25) is 0 Å². The van der Waals surface area contributed by atoms with Crippen LogP contribution in [0.2, 0.25) is 0 Å². The van der Waals surface area contributed by atoms with E-state index in [1.807, 2.05) is 11.8 Å². The Morgan fingerprint density at radius 2 is 2.37 bits per heavy atom. The maximum Gasteiger partial charge on any atom is 0.123 e. The van der Waals surface area contributed by atoms with Crippen molar-refractivity contribution in [1.82, 2.24) is 10.3 Å². The van der Waals surface area contributed by atoms with E-state index in [0.717, 1.165) is 41.4 Å². The molecule has 19 heavy (non-hydrogen) atoms. The second-order valence-electron chi connectivity index (χ2n) is 4.94. The lowest BCUT2D eigenvalue weighted by Crippen LogP contribution is -2.15. The predicted octanol–water partition coefficient (Wildman–Crippen LogP) is 2.35. The Balaban J connectivity index is 1.70. The minimum absolute atomic E-state index is 0.175. The van der Waals surface area contributed by atoms with E-state index in [9.17, 15) is 0 Å². The van der Waals surface area contributed by atoms with Crippen LogP contribution >= 0.6 is 23.1 Å². The van der Waals surface area contributed by atoms with Gasteiger partial charge in [-0.15, -0.1) is 11.3 Å². The van der Waals surface area contributed by atoms with Gasteiger partial charge in [0.25, 0.3) is 0 Å². The van der Waals surface area contributed by atoms with E-state index in [1.54, 1.807) is 18.4 Å². The Labute approximate surface area is 122 Å². The number of hydrogen-bond donors (Lipinski definition) is 1. The standard InChI is InChI=1S/C13H20N2O2S2/c1-16-7-10-12(6-14-9-2-3-9)19-13(15-10)11-8-18-5-4-17-11/h9,11,14H,2-8H2,1H3. The highest BCUT2D eigenvalue weighted by Gasteiger charge is 2.24. The summed E-state index contributed by atoms with van der Waals surface area (Å²) in [7, 11) is 1.73. The normalized spacial score (nSPS) is 23.7. The zero-order valence-electron chi connectivity index (χ0n) is 11.2. The molecule has 0 spiro atoms. The second-order valence-corrected chi connectivity index (χ2v) is 7.21. The molecule has 6 heteroatoms. The van der Waals surface area contributed by atoms with Gasteiger partial charge in [0.15, 0.2) is 0 Å². The number of aromatic nitrogens is 1. The zero-order valence-corrected chi connectivity index (χ0v) is 12.8. The molecular weight excluding hydrogens is 280 g/mol. The third-order valence-electron chi connectivity index (χ3n) is 3.30. The van der Waals surface area contributed by atoms with Gasteiger partial charge in [-0.05, 0) is 12.8 Å². The molecule has 4 nitrogen and oxygen atoms in total. The summed E-state index contributed by atoms with van der Waals surface area (Å²) in [6.07, 6.45) is 2.80. The van der Waals surface area contributed by atoms with Crippen LogP contribution < -0.4 is 5.32 Å². The molecule has 1 aromatic rings. The van der Waals surface area contributed by atoms with Crippen LogP contribution in [0.25, 0.3) is 0 Å². The first-order valence-corrected chi connectivity index (χ1v) is 8.74. The highest BCUT2D eigenvalue weighted by Crippen LogP contribution is 2.32. The van der Waals surface area contributed by atoms with Gasteiger partial charge in [-0.2, -0.15) is 11.8 Å². The molecule has 1 saturated carbocycles. The average Bonchev–Trinajstić information content (AvgIpc) is 3.19. The number of nitrogens with one attached hydrogen (secondary N) is 1. The Morgan fingerprint density at radius 1 is 1.47 bits per heavy atom. The number of methoxy groups -OCH3 is 1. The number of ether oxygens (including phenoxy) is 2. The van der Waals surface area contributed by atoms with Crippen LogP contribution in [0, 0.1) is 0 Å². The topological polar surface area (TPSA) is 43.4 Å². The zero-order chi connectivity index (χ0) is 13.1. The van der Waals surface area contributed by atoms with Crippen molar-refractivity contribution < 1.29 is 9.47 Å². The fraction of sp³-hybridized carbons (Fsp3) is 0.769. The van der Waals surface area contributed by atoms with Crippen molar-refractivity contribution in [3.63, 3.8) is 0 Å². The summed E-state index contributed by atoms with van der Waals surface area (Å²) in [5.41, 5.74) is 1.08. The van der Waals surface area contributed by atoms with Gasteiger partial charge in [0.1, 0.15) is 11.1 Å². The lowest BCUT2D eigenvalue weighted by Gasteiger charge is -2.19. The van der Waals surface area contributed by atoms with Crippen molar-refractivity contribution in [3.05, 3.63) is 15.6 Å². The van der Waals surface area contributed by atoms with Crippen molar-refractivity contribution in [2.24, 2.45) is 0 Å². The van der Waals surface area contributed by atoms with E-state index in [1.165, 1.54) is 17.7 Å². The van der Waals surface area contributed by atoms with Gasteiger partial charge in [0, 0.05) is 36.1 Å². The summed E-state index contributed by atoms with van der Waals surface area (Å²) in [6, 6.07) is 0.724. The molecular formula is C13H20N2O2S2. The summed E-state index contributed by atoms with van der Waals surface area (Å²) in [4.78, 5) is 6.05. The minimum atomic E-state index is 0.175. The molecule has 1 N–H and O–H groups in total. The molecule has 0 radical (unpaired) electrons. The van der Waals surface area contributed by atoms with Crippen LogP contribution in [-0.4, -0.2) is 36.2 Å². The Bertz CT molecular complexity index is 415. The maximum absolute atomic E-state index is 5.81. The van der Waals surface area contributed by atoms with Crippen LogP contribution in [0.5, 0.6) is 0 Å². The van der Waals surface area contributed by atoms with Crippen molar-refractivity contribution >= 4 is 23.1 Å². The minimum Gasteiger partial charge on any atom is -0.378 e. The SMILES string of the molecule is COCc1nc(C2CSCCO2)sc1CNC1CC1. The Kier molecular flexibility index (Phi) is 4.76. The molecule has 2 heterocycles. The molecule has 1 aliphatic heterocycles. The summed E-state index contributed by atoms with van der Waals surface area (Å²) in [5.74, 6) is 2.12. The first kappa shape index (κ1) is 13.8. The van der Waals surface area contributed by atoms with Gasteiger partial charge < -0.3 is 14.8 Å². The number of rotatable bonds is 6. The molecule has 1 aliphatic carbocycles. The van der Waals surface area contributed by atoms with Crippen LogP contribution in [0.15, 0.2) is 0 Å². The molecule has 1 unspecified atom stereocenters. The van der Waals surface area contributed by atoms with Crippen LogP contribution in [-0.2, 0) is 22.6 Å². The molecule has 2 fully saturated rings. The van der Waals surface area contributed by atoms with Gasteiger partial charge >= 0.3 is 0 Å². The van der Waals surface area contributed by atoms with E-state index in [4.69, 9.17) is 14.5 Å². The van der Waals surface area contributed by atoms with Crippen molar-refractivity contribution in [2.45, 2.75) is 38.1 Å². The van der Waals surface area contributed by atoms with E-state index in [0.29, 0.717) is 6.61 Å². The fourth-order valence-corrected chi connectivity index (χ4v) is 4.11. The molecule has 0 amide bonds. The molecule has 3 rings (SSSR count). The van der Waals surface area contributed by atoms with Gasteiger partial charge in [-0.25, -0.2) is 4.98 Å². The number of thiazole rings is 1. The van der Waals surface area contributed by atoms with E-state index in [2.05, 4.69) is 5.32 Å². The third-order valence-corrected chi connectivity index (χ3v) is 5.48. The van der Waals surface area contributed by atoms with E-state index < -0.39 is 0 Å². The summed E-state index contributed by atoms with van der Waals surface area (Å²) in [6.45, 7) is 2.35. The lowest BCUT2D eigenvalue weighted by atomic mass is 10.3. The van der Waals surface area contributed by atoms with Crippen molar-refractivity contribution in [3.8, 4) is 0 Å². The molecule has 1 atom stereocenters. The van der Waals surface area contributed by atoms with Crippen LogP contribution in [0.1, 0.15) is 34.5 Å². The quantitative estimate of drug-likeness (QED) is 0.873. The van der Waals surface area contributed by atoms with Crippen molar-refractivity contribution in [1.29, 1.82) is 0 Å². The smallest absolute Gasteiger partial charge is 0.123 e. The van der Waals surface area contributed by atoms with Crippen LogP contribution in [0.3, 0.4) is 0 Å². The fourth-order valence-electron chi connectivity index (χ4n) is 2.08. The summed E-state index contributed by atoms with van der Waals surface area (Å²) < 4.78 is 11.1.